The molecular weight excluding hydrogens is 271 g/mol. The van der Waals surface area contributed by atoms with E-state index in [0.29, 0.717) is 5.82 Å². The maximum atomic E-state index is 5.57. The second kappa shape index (κ2) is 4.56. The minimum atomic E-state index is 0. The van der Waals surface area contributed by atoms with Crippen molar-refractivity contribution >= 4 is 7.85 Å². The summed E-state index contributed by atoms with van der Waals surface area (Å²) in [4.78, 5) is 0. The molecule has 1 saturated heterocycles. The van der Waals surface area contributed by atoms with Gasteiger partial charge in [-0.15, -0.1) is 13.1 Å². The van der Waals surface area contributed by atoms with Crippen LogP contribution in [0.1, 0.15) is 12.8 Å². The largest absolute Gasteiger partial charge is 0.662 e. The van der Waals surface area contributed by atoms with E-state index in [1.807, 2.05) is 0 Å². The zero-order valence-electron chi connectivity index (χ0n) is 4.81. The molecule has 1 aliphatic heterocycles. The first-order valence-electron chi connectivity index (χ1n) is 2.78. The molecule has 0 atom stereocenters. The molecule has 45 valence electrons. The summed E-state index contributed by atoms with van der Waals surface area (Å²) < 4.78 is 0. The SMILES string of the molecule is [B]C1CC[N-]CC1.[Re]. The van der Waals surface area contributed by atoms with Crippen LogP contribution in [0, 0.1) is 0 Å². The van der Waals surface area contributed by atoms with Crippen LogP contribution < -0.4 is 0 Å². The summed E-state index contributed by atoms with van der Waals surface area (Å²) in [5, 5.41) is 4.15. The normalized spacial score (nSPS) is 22.0. The fourth-order valence-corrected chi connectivity index (χ4v) is 0.770. The Bertz CT molecular complexity index is 54.4. The molecule has 3 heteroatoms. The number of rotatable bonds is 0. The van der Waals surface area contributed by atoms with Gasteiger partial charge in [0.2, 0.25) is 0 Å². The van der Waals surface area contributed by atoms with Gasteiger partial charge in [0.25, 0.3) is 0 Å². The van der Waals surface area contributed by atoms with Crippen LogP contribution in [0.25, 0.3) is 5.32 Å². The number of hydrogen-bond donors (Lipinski definition) is 0. The van der Waals surface area contributed by atoms with Crippen molar-refractivity contribution in [1.82, 2.24) is 0 Å². The van der Waals surface area contributed by atoms with E-state index in [4.69, 9.17) is 7.85 Å². The summed E-state index contributed by atoms with van der Waals surface area (Å²) in [6, 6.07) is 0. The smallest absolute Gasteiger partial charge is 0.0697 e. The van der Waals surface area contributed by atoms with Crippen molar-refractivity contribution in [3.05, 3.63) is 5.32 Å². The number of piperidine rings is 1. The Morgan fingerprint density at radius 2 is 1.75 bits per heavy atom. The van der Waals surface area contributed by atoms with E-state index in [0.717, 1.165) is 25.9 Å². The molecule has 1 heterocycles. The van der Waals surface area contributed by atoms with Gasteiger partial charge >= 0.3 is 0 Å². The minimum absolute atomic E-state index is 0. The summed E-state index contributed by atoms with van der Waals surface area (Å²) in [6.45, 7) is 1.97. The Morgan fingerprint density at radius 3 is 2.00 bits per heavy atom. The number of hydrogen-bond acceptors (Lipinski definition) is 0. The molecular formula is C5H9BNRe-. The molecule has 0 bridgehead atoms. The predicted octanol–water partition coefficient (Wildman–Crippen LogP) is 1.11. The zero-order valence-corrected chi connectivity index (χ0v) is 7.52. The van der Waals surface area contributed by atoms with Gasteiger partial charge in [-0.1, -0.05) is 18.7 Å². The second-order valence-corrected chi connectivity index (χ2v) is 2.01. The van der Waals surface area contributed by atoms with Crippen LogP contribution in [0.4, 0.5) is 0 Å². The fraction of sp³-hybridized carbons (Fsp3) is 1.00. The van der Waals surface area contributed by atoms with E-state index in [-0.39, 0.29) is 20.4 Å². The van der Waals surface area contributed by atoms with Crippen molar-refractivity contribution in [2.45, 2.75) is 18.7 Å². The second-order valence-electron chi connectivity index (χ2n) is 2.01. The van der Waals surface area contributed by atoms with E-state index in [1.165, 1.54) is 0 Å². The van der Waals surface area contributed by atoms with Crippen LogP contribution in [-0.2, 0) is 20.4 Å². The molecule has 8 heavy (non-hydrogen) atoms. The first kappa shape index (κ1) is 8.69. The quantitative estimate of drug-likeness (QED) is 0.590. The third-order valence-electron chi connectivity index (χ3n) is 1.32. The summed E-state index contributed by atoms with van der Waals surface area (Å²) in [7, 11) is 5.57. The molecule has 0 aromatic rings. The molecule has 0 aromatic carbocycles. The van der Waals surface area contributed by atoms with E-state index >= 15 is 0 Å². The van der Waals surface area contributed by atoms with Crippen molar-refractivity contribution in [3.8, 4) is 0 Å². The first-order valence-corrected chi connectivity index (χ1v) is 2.78. The van der Waals surface area contributed by atoms with Crippen LogP contribution in [0.2, 0.25) is 5.82 Å². The van der Waals surface area contributed by atoms with E-state index in [2.05, 4.69) is 5.32 Å². The standard InChI is InChI=1S/C5H9BN.Re/c6-5-1-3-7-4-2-5;/h5H,1-4H2;/q-1;. The average Bonchev–Trinajstić information content (AvgIpc) is 1.69. The molecule has 0 aromatic heterocycles. The Kier molecular flexibility index (Phi) is 4.95. The Balaban J connectivity index is 0.000000490. The van der Waals surface area contributed by atoms with Crippen LogP contribution in [0.3, 0.4) is 0 Å². The molecule has 0 unspecified atom stereocenters. The van der Waals surface area contributed by atoms with Gasteiger partial charge in [-0.05, 0) is 0 Å². The van der Waals surface area contributed by atoms with Crippen molar-refractivity contribution in [2.75, 3.05) is 13.1 Å². The van der Waals surface area contributed by atoms with E-state index < -0.39 is 0 Å². The van der Waals surface area contributed by atoms with Crippen LogP contribution in [-0.4, -0.2) is 20.9 Å². The molecule has 0 aliphatic carbocycles. The third kappa shape index (κ3) is 2.87. The van der Waals surface area contributed by atoms with E-state index in [1.54, 1.807) is 0 Å². The molecule has 1 aliphatic rings. The van der Waals surface area contributed by atoms with Crippen LogP contribution >= 0.6 is 0 Å². The maximum absolute atomic E-state index is 5.57. The van der Waals surface area contributed by atoms with Gasteiger partial charge in [-0.3, -0.25) is 0 Å². The van der Waals surface area contributed by atoms with Crippen molar-refractivity contribution < 1.29 is 20.4 Å². The minimum Gasteiger partial charge on any atom is -0.662 e. The molecule has 1 fully saturated rings. The van der Waals surface area contributed by atoms with E-state index in [9.17, 15) is 0 Å². The summed E-state index contributed by atoms with van der Waals surface area (Å²) in [5.74, 6) is 0.442. The third-order valence-corrected chi connectivity index (χ3v) is 1.32. The molecule has 0 N–H and O–H groups in total. The Labute approximate surface area is 65.7 Å². The monoisotopic (exact) mass is 281 g/mol. The topological polar surface area (TPSA) is 14.1 Å². The van der Waals surface area contributed by atoms with Gasteiger partial charge in [0.05, 0.1) is 7.85 Å². The average molecular weight is 280 g/mol. The molecule has 3 radical (unpaired) electrons. The maximum Gasteiger partial charge on any atom is 0.0697 e. The molecule has 1 rings (SSSR count). The van der Waals surface area contributed by atoms with Crippen molar-refractivity contribution in [2.24, 2.45) is 0 Å². The van der Waals surface area contributed by atoms with Gasteiger partial charge in [0, 0.05) is 20.4 Å². The molecule has 0 amide bonds. The van der Waals surface area contributed by atoms with Crippen molar-refractivity contribution in [3.63, 3.8) is 0 Å². The van der Waals surface area contributed by atoms with Crippen LogP contribution in [0.15, 0.2) is 0 Å². The summed E-state index contributed by atoms with van der Waals surface area (Å²) in [6.07, 6.45) is 2.19. The van der Waals surface area contributed by atoms with Gasteiger partial charge in [-0.25, -0.2) is 0 Å². The van der Waals surface area contributed by atoms with Gasteiger partial charge < -0.3 is 5.32 Å². The predicted molar refractivity (Wildman–Crippen MR) is 31.8 cm³/mol. The van der Waals surface area contributed by atoms with Gasteiger partial charge in [0.1, 0.15) is 0 Å². The summed E-state index contributed by atoms with van der Waals surface area (Å²) >= 11 is 0. The molecule has 0 spiro atoms. The zero-order chi connectivity index (χ0) is 5.11. The van der Waals surface area contributed by atoms with Gasteiger partial charge in [0.15, 0.2) is 0 Å². The first-order chi connectivity index (χ1) is 3.39. The van der Waals surface area contributed by atoms with Crippen LogP contribution in [0.5, 0.6) is 0 Å². The number of nitrogens with zero attached hydrogens (tertiary/aromatic N) is 1. The molecule has 1 nitrogen and oxygen atoms in total. The van der Waals surface area contributed by atoms with Gasteiger partial charge in [-0.2, -0.15) is 0 Å². The molecule has 0 saturated carbocycles. The summed E-state index contributed by atoms with van der Waals surface area (Å²) in [5.41, 5.74) is 0. The Hall–Kier alpha value is 0.687. The Morgan fingerprint density at radius 1 is 1.25 bits per heavy atom. The van der Waals surface area contributed by atoms with Crippen molar-refractivity contribution in [1.29, 1.82) is 0 Å². The fourth-order valence-electron chi connectivity index (χ4n) is 0.770.